The van der Waals surface area contributed by atoms with E-state index in [0.29, 0.717) is 30.1 Å². The van der Waals surface area contributed by atoms with Crippen LogP contribution >= 0.6 is 11.6 Å². The number of allylic oxidation sites excluding steroid dienone is 1. The number of carbonyl (C=O) groups is 3. The van der Waals surface area contributed by atoms with Crippen molar-refractivity contribution in [1.29, 1.82) is 0 Å². The van der Waals surface area contributed by atoms with Crippen LogP contribution in [0.3, 0.4) is 0 Å². The van der Waals surface area contributed by atoms with E-state index in [1.807, 2.05) is 54.6 Å². The molecule has 3 aromatic carbocycles. The molecule has 2 N–H and O–H groups in total. The maximum atomic E-state index is 11.8. The number of hydrogen-bond acceptors (Lipinski definition) is 4. The van der Waals surface area contributed by atoms with Crippen LogP contribution in [0, 0.1) is 0 Å². The molecule has 182 valence electrons. The second kappa shape index (κ2) is 14.2. The lowest BCUT2D eigenvalue weighted by Crippen LogP contribution is -2.37. The van der Waals surface area contributed by atoms with E-state index in [-0.39, 0.29) is 0 Å². The first-order valence-corrected chi connectivity index (χ1v) is 11.2. The molecule has 0 aliphatic heterocycles. The maximum Gasteiger partial charge on any atom is 0.328 e. The van der Waals surface area contributed by atoms with Crippen LogP contribution in [0.1, 0.15) is 19.4 Å². The number of amides is 4. The van der Waals surface area contributed by atoms with Crippen molar-refractivity contribution in [2.24, 2.45) is 0 Å². The summed E-state index contributed by atoms with van der Waals surface area (Å²) in [6.07, 6.45) is 3.00. The number of benzene rings is 3. The number of ether oxygens (including phenoxy) is 1. The predicted octanol–water partition coefficient (Wildman–Crippen LogP) is 5.82. The van der Waals surface area contributed by atoms with Crippen LogP contribution in [-0.4, -0.2) is 37.4 Å². The number of carbonyl (C=O) groups excluding carboxylic acids is 3. The fourth-order valence-corrected chi connectivity index (χ4v) is 3.09. The molecule has 8 heteroatoms. The summed E-state index contributed by atoms with van der Waals surface area (Å²) >= 11 is 5.60. The summed E-state index contributed by atoms with van der Waals surface area (Å²) < 4.78 is 5.17. The number of urea groups is 1. The maximum absolute atomic E-state index is 11.8. The molecule has 0 saturated carbocycles. The summed E-state index contributed by atoms with van der Waals surface area (Å²) in [5.41, 5.74) is 4.58. The number of imide groups is 1. The van der Waals surface area contributed by atoms with Crippen LogP contribution in [0.4, 0.5) is 10.5 Å². The third kappa shape index (κ3) is 8.98. The van der Waals surface area contributed by atoms with Gasteiger partial charge in [-0.3, -0.25) is 14.5 Å². The van der Waals surface area contributed by atoms with Crippen LogP contribution in [-0.2, 0) is 9.59 Å². The van der Waals surface area contributed by atoms with Crippen molar-refractivity contribution in [3.8, 4) is 16.9 Å². The fraction of sp³-hybridized carbons (Fsp3) is 0.148. The first-order valence-electron chi connectivity index (χ1n) is 10.8. The van der Waals surface area contributed by atoms with Crippen molar-refractivity contribution in [3.63, 3.8) is 0 Å². The standard InChI is InChI=1S/C20H22N2O3.C7H6ClNO/c1-4-22(14-23)20(24)21-15(2)13-16-5-7-17(8-6-16)18-9-11-19(25-3)12-10-18;8-6-1-3-7(4-2-6)9-5-10/h5-14H,4H2,1-3H3,(H,21,24);1-5H,(H,9,10)/b15-13-;. The van der Waals surface area contributed by atoms with Gasteiger partial charge in [-0.2, -0.15) is 0 Å². The molecule has 0 bridgehead atoms. The smallest absolute Gasteiger partial charge is 0.328 e. The number of rotatable bonds is 8. The SMILES string of the molecule is CCN(C=O)C(=O)N/C(C)=C\c1ccc(-c2ccc(OC)cc2)cc1.O=CNc1ccc(Cl)cc1. The van der Waals surface area contributed by atoms with Crippen LogP contribution in [0.5, 0.6) is 5.75 Å². The van der Waals surface area contributed by atoms with E-state index < -0.39 is 6.03 Å². The van der Waals surface area contributed by atoms with E-state index in [1.165, 1.54) is 0 Å². The number of methoxy groups -OCH3 is 1. The molecule has 0 aromatic heterocycles. The van der Waals surface area contributed by atoms with Crippen molar-refractivity contribution in [2.45, 2.75) is 13.8 Å². The summed E-state index contributed by atoms with van der Waals surface area (Å²) in [6.45, 7) is 3.86. The number of anilines is 1. The van der Waals surface area contributed by atoms with Gasteiger partial charge in [0.05, 0.1) is 7.11 Å². The molecule has 7 nitrogen and oxygen atoms in total. The Bertz CT molecular complexity index is 1130. The molecular formula is C27H28ClN3O4. The highest BCUT2D eigenvalue weighted by atomic mass is 35.5. The Hall–Kier alpha value is -4.10. The third-order valence-electron chi connectivity index (χ3n) is 4.82. The number of nitrogens with zero attached hydrogens (tertiary/aromatic N) is 1. The van der Waals surface area contributed by atoms with Gasteiger partial charge < -0.3 is 15.4 Å². The van der Waals surface area contributed by atoms with E-state index in [2.05, 4.69) is 10.6 Å². The summed E-state index contributed by atoms with van der Waals surface area (Å²) in [4.78, 5) is 33.6. The van der Waals surface area contributed by atoms with E-state index >= 15 is 0 Å². The molecule has 0 aliphatic carbocycles. The lowest BCUT2D eigenvalue weighted by Gasteiger charge is -2.14. The van der Waals surface area contributed by atoms with Gasteiger partial charge in [0.25, 0.3) is 0 Å². The van der Waals surface area contributed by atoms with E-state index in [4.69, 9.17) is 16.3 Å². The molecule has 3 rings (SSSR count). The average Bonchev–Trinajstić information content (AvgIpc) is 2.87. The van der Waals surface area contributed by atoms with Crippen molar-refractivity contribution >= 4 is 42.2 Å². The lowest BCUT2D eigenvalue weighted by molar-refractivity contribution is -0.115. The van der Waals surface area contributed by atoms with E-state index in [9.17, 15) is 14.4 Å². The summed E-state index contributed by atoms with van der Waals surface area (Å²) in [5, 5.41) is 5.85. The van der Waals surface area contributed by atoms with Gasteiger partial charge in [0.2, 0.25) is 12.8 Å². The summed E-state index contributed by atoms with van der Waals surface area (Å²) in [6, 6.07) is 22.3. The largest absolute Gasteiger partial charge is 0.497 e. The fourth-order valence-electron chi connectivity index (χ4n) is 2.96. The van der Waals surface area contributed by atoms with Crippen molar-refractivity contribution in [1.82, 2.24) is 10.2 Å². The minimum Gasteiger partial charge on any atom is -0.497 e. The van der Waals surface area contributed by atoms with Crippen molar-refractivity contribution < 1.29 is 19.1 Å². The molecule has 0 radical (unpaired) electrons. The molecule has 0 unspecified atom stereocenters. The lowest BCUT2D eigenvalue weighted by atomic mass is 10.0. The second-order valence-electron chi connectivity index (χ2n) is 7.27. The van der Waals surface area contributed by atoms with Gasteiger partial charge in [-0.25, -0.2) is 4.79 Å². The van der Waals surface area contributed by atoms with Gasteiger partial charge in [0, 0.05) is 23.0 Å². The topological polar surface area (TPSA) is 87.7 Å². The minimum atomic E-state index is -0.430. The van der Waals surface area contributed by atoms with Gasteiger partial charge in [0.1, 0.15) is 5.75 Å². The first-order chi connectivity index (χ1) is 16.9. The van der Waals surface area contributed by atoms with Crippen LogP contribution < -0.4 is 15.4 Å². The third-order valence-corrected chi connectivity index (χ3v) is 5.07. The number of nitrogens with one attached hydrogen (secondary N) is 2. The Morgan fingerprint density at radius 2 is 1.51 bits per heavy atom. The van der Waals surface area contributed by atoms with E-state index in [0.717, 1.165) is 33.0 Å². The molecule has 0 fully saturated rings. The minimum absolute atomic E-state index is 0.333. The van der Waals surface area contributed by atoms with Crippen molar-refractivity contribution in [2.75, 3.05) is 19.0 Å². The highest BCUT2D eigenvalue weighted by molar-refractivity contribution is 6.30. The molecule has 0 heterocycles. The number of halogens is 1. The number of hydrogen-bond donors (Lipinski definition) is 2. The average molecular weight is 494 g/mol. The zero-order chi connectivity index (χ0) is 25.6. The molecule has 0 spiro atoms. The Morgan fingerprint density at radius 1 is 0.943 bits per heavy atom. The molecule has 0 aliphatic rings. The zero-order valence-electron chi connectivity index (χ0n) is 19.8. The zero-order valence-corrected chi connectivity index (χ0v) is 20.6. The van der Waals surface area contributed by atoms with Gasteiger partial charge in [-0.05, 0) is 73.0 Å². The quantitative estimate of drug-likeness (QED) is 0.387. The normalized spacial score (nSPS) is 10.3. The Kier molecular flexibility index (Phi) is 11.0. The van der Waals surface area contributed by atoms with Gasteiger partial charge in [-0.15, -0.1) is 0 Å². The van der Waals surface area contributed by atoms with E-state index in [1.54, 1.807) is 45.2 Å². The van der Waals surface area contributed by atoms with Gasteiger partial charge in [0.15, 0.2) is 0 Å². The molecule has 3 aromatic rings. The molecular weight excluding hydrogens is 466 g/mol. The van der Waals surface area contributed by atoms with Crippen LogP contribution in [0.2, 0.25) is 5.02 Å². The predicted molar refractivity (Wildman–Crippen MR) is 140 cm³/mol. The molecule has 0 saturated heterocycles. The van der Waals surface area contributed by atoms with Gasteiger partial charge in [-0.1, -0.05) is 48.0 Å². The molecule has 4 amide bonds. The highest BCUT2D eigenvalue weighted by Gasteiger charge is 2.09. The summed E-state index contributed by atoms with van der Waals surface area (Å²) in [5.74, 6) is 0.825. The first kappa shape index (κ1) is 27.1. The second-order valence-corrected chi connectivity index (χ2v) is 7.70. The Morgan fingerprint density at radius 3 is 2.00 bits per heavy atom. The highest BCUT2D eigenvalue weighted by Crippen LogP contribution is 2.23. The van der Waals surface area contributed by atoms with Gasteiger partial charge >= 0.3 is 6.03 Å². The summed E-state index contributed by atoms with van der Waals surface area (Å²) in [7, 11) is 1.64. The van der Waals surface area contributed by atoms with Crippen LogP contribution in [0.25, 0.3) is 17.2 Å². The monoisotopic (exact) mass is 493 g/mol. The van der Waals surface area contributed by atoms with Crippen LogP contribution in [0.15, 0.2) is 78.5 Å². The van der Waals surface area contributed by atoms with Crippen molar-refractivity contribution in [3.05, 3.63) is 89.1 Å². The molecule has 0 atom stereocenters. The Labute approximate surface area is 210 Å². The Balaban J connectivity index is 0.000000360. The molecule has 35 heavy (non-hydrogen) atoms.